The summed E-state index contributed by atoms with van der Waals surface area (Å²) in [5.41, 5.74) is 0.990. The molecule has 0 atom stereocenters. The minimum Gasteiger partial charge on any atom is -0.493 e. The number of carbonyl (C=O) groups excluding carboxylic acids is 2. The normalized spacial score (nSPS) is 14.3. The maximum atomic E-state index is 13.2. The number of carbonyl (C=O) groups is 2. The molecule has 0 bridgehead atoms. The minimum absolute atomic E-state index is 0.0677. The first kappa shape index (κ1) is 21.6. The topological polar surface area (TPSA) is 72.3 Å². The number of ether oxygens (including phenoxy) is 2. The second kappa shape index (κ2) is 10.1. The molecule has 0 spiro atoms. The third kappa shape index (κ3) is 5.48. The Morgan fingerprint density at radius 2 is 1.90 bits per heavy atom. The third-order valence-electron chi connectivity index (χ3n) is 4.99. The standard InChI is InChI=1S/C22H26FN3O4/c1-3-30-20-13-16(7-8-19(20)29-2)22(28)26-11-9-25(10-12-26)15-21(27)24-18-6-4-5-17(23)14-18/h4-8,13-14H,3,9-12,15H2,1-2H3,(H,24,27)/p+1. The number of halogens is 1. The molecule has 8 heteroatoms. The first-order valence-electron chi connectivity index (χ1n) is 9.99. The molecule has 0 aromatic heterocycles. The van der Waals surface area contributed by atoms with E-state index in [2.05, 4.69) is 5.32 Å². The second-order valence-corrected chi connectivity index (χ2v) is 7.08. The molecule has 160 valence electrons. The highest BCUT2D eigenvalue weighted by Gasteiger charge is 2.26. The number of nitrogens with zero attached hydrogens (tertiary/aromatic N) is 1. The molecule has 1 fully saturated rings. The van der Waals surface area contributed by atoms with Crippen molar-refractivity contribution < 1.29 is 28.4 Å². The molecule has 2 aromatic rings. The Labute approximate surface area is 175 Å². The molecule has 0 unspecified atom stereocenters. The van der Waals surface area contributed by atoms with Gasteiger partial charge in [0.25, 0.3) is 11.8 Å². The zero-order valence-corrected chi connectivity index (χ0v) is 17.2. The Morgan fingerprint density at radius 3 is 2.57 bits per heavy atom. The molecule has 0 aliphatic carbocycles. The molecule has 2 amide bonds. The van der Waals surface area contributed by atoms with Gasteiger partial charge in [0.15, 0.2) is 18.0 Å². The number of anilines is 1. The molecular weight excluding hydrogens is 389 g/mol. The van der Waals surface area contributed by atoms with Gasteiger partial charge >= 0.3 is 0 Å². The van der Waals surface area contributed by atoms with Crippen molar-refractivity contribution in [3.63, 3.8) is 0 Å². The van der Waals surface area contributed by atoms with Gasteiger partial charge in [-0.15, -0.1) is 0 Å². The zero-order valence-electron chi connectivity index (χ0n) is 17.2. The number of piperazine rings is 1. The van der Waals surface area contributed by atoms with E-state index in [-0.39, 0.29) is 18.4 Å². The van der Waals surface area contributed by atoms with Gasteiger partial charge in [-0.25, -0.2) is 4.39 Å². The smallest absolute Gasteiger partial charge is 0.279 e. The minimum atomic E-state index is -0.390. The van der Waals surface area contributed by atoms with Crippen LogP contribution in [-0.2, 0) is 4.79 Å². The van der Waals surface area contributed by atoms with Crippen LogP contribution in [0.15, 0.2) is 42.5 Å². The molecule has 1 saturated heterocycles. The summed E-state index contributed by atoms with van der Waals surface area (Å²) in [5.74, 6) is 0.503. The number of benzene rings is 2. The first-order valence-corrected chi connectivity index (χ1v) is 9.99. The summed E-state index contributed by atoms with van der Waals surface area (Å²) in [5, 5.41) is 2.71. The number of methoxy groups -OCH3 is 1. The zero-order chi connectivity index (χ0) is 21.5. The summed E-state index contributed by atoms with van der Waals surface area (Å²) in [4.78, 5) is 28.0. The average molecular weight is 416 g/mol. The largest absolute Gasteiger partial charge is 0.493 e. The quantitative estimate of drug-likeness (QED) is 0.712. The van der Waals surface area contributed by atoms with Crippen molar-refractivity contribution >= 4 is 17.5 Å². The first-order chi connectivity index (χ1) is 14.5. The van der Waals surface area contributed by atoms with Gasteiger partial charge in [0.05, 0.1) is 39.9 Å². The second-order valence-electron chi connectivity index (χ2n) is 7.08. The molecule has 1 aliphatic heterocycles. The molecule has 2 N–H and O–H groups in total. The van der Waals surface area contributed by atoms with Gasteiger partial charge in [0.2, 0.25) is 0 Å². The predicted octanol–water partition coefficient (Wildman–Crippen LogP) is 1.21. The van der Waals surface area contributed by atoms with Crippen LogP contribution >= 0.6 is 0 Å². The van der Waals surface area contributed by atoms with Gasteiger partial charge in [-0.05, 0) is 43.3 Å². The van der Waals surface area contributed by atoms with E-state index >= 15 is 0 Å². The number of nitrogens with one attached hydrogen (secondary N) is 2. The van der Waals surface area contributed by atoms with Gasteiger partial charge in [-0.3, -0.25) is 9.59 Å². The summed E-state index contributed by atoms with van der Waals surface area (Å²) in [7, 11) is 1.56. The Hall–Kier alpha value is -3.13. The van der Waals surface area contributed by atoms with E-state index in [0.717, 1.165) is 4.90 Å². The van der Waals surface area contributed by atoms with E-state index < -0.39 is 5.82 Å². The van der Waals surface area contributed by atoms with Crippen LogP contribution in [0.4, 0.5) is 10.1 Å². The Balaban J connectivity index is 1.53. The van der Waals surface area contributed by atoms with Crippen LogP contribution in [0.25, 0.3) is 0 Å². The Kier molecular flexibility index (Phi) is 7.24. The van der Waals surface area contributed by atoms with Crippen molar-refractivity contribution in [2.45, 2.75) is 6.92 Å². The van der Waals surface area contributed by atoms with Crippen LogP contribution < -0.4 is 19.7 Å². The van der Waals surface area contributed by atoms with Gasteiger partial charge in [-0.2, -0.15) is 0 Å². The number of hydrogen-bond acceptors (Lipinski definition) is 4. The molecule has 30 heavy (non-hydrogen) atoms. The number of hydrogen-bond donors (Lipinski definition) is 2. The number of quaternary nitrogens is 1. The molecular formula is C22H27FN3O4+. The fraction of sp³-hybridized carbons (Fsp3) is 0.364. The lowest BCUT2D eigenvalue weighted by molar-refractivity contribution is -0.895. The summed E-state index contributed by atoms with van der Waals surface area (Å²) in [6.45, 7) is 5.06. The monoisotopic (exact) mass is 416 g/mol. The number of rotatable bonds is 7. The van der Waals surface area contributed by atoms with Crippen molar-refractivity contribution in [2.75, 3.05) is 51.8 Å². The van der Waals surface area contributed by atoms with Crippen LogP contribution in [0.5, 0.6) is 11.5 Å². The van der Waals surface area contributed by atoms with Gasteiger partial charge in [0, 0.05) is 11.3 Å². The van der Waals surface area contributed by atoms with Crippen molar-refractivity contribution in [1.82, 2.24) is 4.90 Å². The van der Waals surface area contributed by atoms with Gasteiger partial charge in [-0.1, -0.05) is 6.07 Å². The maximum Gasteiger partial charge on any atom is 0.279 e. The van der Waals surface area contributed by atoms with Gasteiger partial charge in [0.1, 0.15) is 5.82 Å². The van der Waals surface area contributed by atoms with Crippen molar-refractivity contribution in [3.8, 4) is 11.5 Å². The highest BCUT2D eigenvalue weighted by atomic mass is 19.1. The molecule has 1 aliphatic rings. The SMILES string of the molecule is CCOc1cc(C(=O)N2CC[NH+](CC(=O)Nc3cccc(F)c3)CC2)ccc1OC. The van der Waals surface area contributed by atoms with E-state index in [1.807, 2.05) is 6.92 Å². The van der Waals surface area contributed by atoms with Crippen LogP contribution in [0.1, 0.15) is 17.3 Å². The highest BCUT2D eigenvalue weighted by Crippen LogP contribution is 2.28. The lowest BCUT2D eigenvalue weighted by Gasteiger charge is -2.32. The van der Waals surface area contributed by atoms with Crippen LogP contribution in [0.3, 0.4) is 0 Å². The number of amides is 2. The van der Waals surface area contributed by atoms with Crippen LogP contribution in [0.2, 0.25) is 0 Å². The molecule has 0 saturated carbocycles. The summed E-state index contributed by atoms with van der Waals surface area (Å²) < 4.78 is 24.1. The van der Waals surface area contributed by atoms with E-state index in [1.165, 1.54) is 12.1 Å². The average Bonchev–Trinajstić information content (AvgIpc) is 2.74. The fourth-order valence-corrected chi connectivity index (χ4v) is 3.46. The molecule has 7 nitrogen and oxygen atoms in total. The van der Waals surface area contributed by atoms with E-state index in [0.29, 0.717) is 55.5 Å². The summed E-state index contributed by atoms with van der Waals surface area (Å²) >= 11 is 0. The van der Waals surface area contributed by atoms with Crippen molar-refractivity contribution in [3.05, 3.63) is 53.8 Å². The summed E-state index contributed by atoms with van der Waals surface area (Å²) in [6.07, 6.45) is 0. The van der Waals surface area contributed by atoms with E-state index in [4.69, 9.17) is 9.47 Å². The van der Waals surface area contributed by atoms with E-state index in [1.54, 1.807) is 42.3 Å². The fourth-order valence-electron chi connectivity index (χ4n) is 3.46. The Bertz CT molecular complexity index is 898. The molecule has 1 heterocycles. The lowest BCUT2D eigenvalue weighted by Crippen LogP contribution is -3.15. The van der Waals surface area contributed by atoms with Crippen LogP contribution in [-0.4, -0.2) is 63.2 Å². The lowest BCUT2D eigenvalue weighted by atomic mass is 10.1. The maximum absolute atomic E-state index is 13.2. The predicted molar refractivity (Wildman–Crippen MR) is 111 cm³/mol. The molecule has 3 rings (SSSR count). The Morgan fingerprint density at radius 1 is 1.13 bits per heavy atom. The molecule has 2 aromatic carbocycles. The summed E-state index contributed by atoms with van der Waals surface area (Å²) in [6, 6.07) is 11.0. The third-order valence-corrected chi connectivity index (χ3v) is 4.99. The van der Waals surface area contributed by atoms with Gasteiger partial charge < -0.3 is 24.6 Å². The van der Waals surface area contributed by atoms with Crippen LogP contribution in [0, 0.1) is 5.82 Å². The molecule has 0 radical (unpaired) electrons. The van der Waals surface area contributed by atoms with Crippen molar-refractivity contribution in [1.29, 1.82) is 0 Å². The van der Waals surface area contributed by atoms with E-state index in [9.17, 15) is 14.0 Å². The highest BCUT2D eigenvalue weighted by molar-refractivity contribution is 5.95. The van der Waals surface area contributed by atoms with Crippen molar-refractivity contribution in [2.24, 2.45) is 0 Å².